The lowest BCUT2D eigenvalue weighted by Gasteiger charge is -2.26. The summed E-state index contributed by atoms with van der Waals surface area (Å²) >= 11 is 1.20. The van der Waals surface area contributed by atoms with Gasteiger partial charge in [-0.3, -0.25) is 9.36 Å². The average molecular weight is 615 g/mol. The molecule has 5 rings (SSSR count). The van der Waals surface area contributed by atoms with Crippen LogP contribution in [0.2, 0.25) is 0 Å². The highest BCUT2D eigenvalue weighted by atomic mass is 32.1. The molecule has 1 aromatic heterocycles. The zero-order chi connectivity index (χ0) is 31.4. The zero-order valence-corrected chi connectivity index (χ0v) is 25.3. The SMILES string of the molecule is CCOC(=O)C1=C(C)N=c2s/c(=C\c3ccccc3OCc3ccc(C(=O)O)cc3)c(=O)n2[C@H]1c1ccc(OC)cc1OC. The molecule has 226 valence electrons. The van der Waals surface area contributed by atoms with Crippen LogP contribution in [0.15, 0.2) is 87.8 Å². The second kappa shape index (κ2) is 13.0. The number of aromatic nitrogens is 1. The van der Waals surface area contributed by atoms with Crippen LogP contribution in [0.4, 0.5) is 0 Å². The summed E-state index contributed by atoms with van der Waals surface area (Å²) in [7, 11) is 3.06. The van der Waals surface area contributed by atoms with E-state index in [2.05, 4.69) is 4.99 Å². The van der Waals surface area contributed by atoms with Crippen molar-refractivity contribution in [2.75, 3.05) is 20.8 Å². The van der Waals surface area contributed by atoms with E-state index in [4.69, 9.17) is 24.1 Å². The summed E-state index contributed by atoms with van der Waals surface area (Å²) in [6.07, 6.45) is 1.73. The molecule has 1 N–H and O–H groups in total. The molecule has 4 aromatic rings. The molecule has 0 radical (unpaired) electrons. The quantitative estimate of drug-likeness (QED) is 0.265. The zero-order valence-electron chi connectivity index (χ0n) is 24.5. The van der Waals surface area contributed by atoms with E-state index >= 15 is 0 Å². The number of para-hydroxylation sites is 1. The Balaban J connectivity index is 1.59. The van der Waals surface area contributed by atoms with Gasteiger partial charge in [0.2, 0.25) is 0 Å². The van der Waals surface area contributed by atoms with E-state index in [1.165, 1.54) is 35.1 Å². The van der Waals surface area contributed by atoms with Crippen LogP contribution in [0, 0.1) is 0 Å². The summed E-state index contributed by atoms with van der Waals surface area (Å²) in [5, 5.41) is 9.15. The molecule has 1 aliphatic heterocycles. The van der Waals surface area contributed by atoms with Crippen LogP contribution >= 0.6 is 11.3 Å². The van der Waals surface area contributed by atoms with Crippen molar-refractivity contribution in [3.8, 4) is 17.2 Å². The largest absolute Gasteiger partial charge is 0.497 e. The molecular formula is C33H30N2O8S. The minimum Gasteiger partial charge on any atom is -0.497 e. The molecule has 0 amide bonds. The number of fused-ring (bicyclic) bond motifs is 1. The molecule has 1 aliphatic rings. The lowest BCUT2D eigenvalue weighted by atomic mass is 9.95. The van der Waals surface area contributed by atoms with E-state index in [9.17, 15) is 14.4 Å². The van der Waals surface area contributed by atoms with Gasteiger partial charge < -0.3 is 24.1 Å². The Morgan fingerprint density at radius 3 is 2.45 bits per heavy atom. The average Bonchev–Trinajstić information content (AvgIpc) is 3.33. The van der Waals surface area contributed by atoms with Crippen molar-refractivity contribution in [3.63, 3.8) is 0 Å². The topological polar surface area (TPSA) is 126 Å². The van der Waals surface area contributed by atoms with Crippen LogP contribution in [0.5, 0.6) is 17.2 Å². The number of rotatable bonds is 10. The van der Waals surface area contributed by atoms with E-state index in [1.807, 2.05) is 18.2 Å². The van der Waals surface area contributed by atoms with Crippen LogP contribution < -0.4 is 29.1 Å². The summed E-state index contributed by atoms with van der Waals surface area (Å²) in [5.74, 6) is -0.0265. The number of nitrogens with zero attached hydrogens (tertiary/aromatic N) is 2. The highest BCUT2D eigenvalue weighted by Crippen LogP contribution is 2.37. The van der Waals surface area contributed by atoms with Gasteiger partial charge >= 0.3 is 11.9 Å². The van der Waals surface area contributed by atoms with Gasteiger partial charge in [0.1, 0.15) is 29.9 Å². The van der Waals surface area contributed by atoms with Gasteiger partial charge in [0.15, 0.2) is 4.80 Å². The molecule has 2 heterocycles. The van der Waals surface area contributed by atoms with Crippen LogP contribution in [-0.4, -0.2) is 42.4 Å². The van der Waals surface area contributed by atoms with Gasteiger partial charge in [-0.15, -0.1) is 0 Å². The molecule has 0 saturated heterocycles. The third kappa shape index (κ3) is 6.00. The van der Waals surface area contributed by atoms with E-state index in [1.54, 1.807) is 63.4 Å². The number of aromatic carboxylic acids is 1. The number of carbonyl (C=O) groups is 2. The normalized spacial score (nSPS) is 14.5. The molecule has 1 atom stereocenters. The van der Waals surface area contributed by atoms with E-state index in [0.29, 0.717) is 43.4 Å². The Kier molecular flexibility index (Phi) is 8.96. The van der Waals surface area contributed by atoms with Crippen LogP contribution in [0.1, 0.15) is 46.9 Å². The van der Waals surface area contributed by atoms with Gasteiger partial charge in [-0.25, -0.2) is 14.6 Å². The maximum Gasteiger partial charge on any atom is 0.338 e. The van der Waals surface area contributed by atoms with Gasteiger partial charge in [-0.05, 0) is 55.8 Å². The van der Waals surface area contributed by atoms with Gasteiger partial charge in [-0.1, -0.05) is 41.7 Å². The van der Waals surface area contributed by atoms with Crippen molar-refractivity contribution in [1.82, 2.24) is 4.57 Å². The number of carbonyl (C=O) groups excluding carboxylic acids is 1. The van der Waals surface area contributed by atoms with E-state index in [-0.39, 0.29) is 29.9 Å². The predicted molar refractivity (Wildman–Crippen MR) is 164 cm³/mol. The van der Waals surface area contributed by atoms with E-state index in [0.717, 1.165) is 5.56 Å². The Morgan fingerprint density at radius 1 is 1.02 bits per heavy atom. The van der Waals surface area contributed by atoms with Gasteiger partial charge in [0.05, 0.1) is 42.2 Å². The number of benzene rings is 3. The van der Waals surface area contributed by atoms with Gasteiger partial charge in [0.25, 0.3) is 5.56 Å². The monoisotopic (exact) mass is 614 g/mol. The fourth-order valence-corrected chi connectivity index (χ4v) is 5.94. The molecule has 3 aromatic carbocycles. The first kappa shape index (κ1) is 30.3. The fraction of sp³-hybridized carbons (Fsp3) is 0.212. The van der Waals surface area contributed by atoms with Crippen LogP contribution in [-0.2, 0) is 16.1 Å². The lowest BCUT2D eigenvalue weighted by molar-refractivity contribution is -0.139. The van der Waals surface area contributed by atoms with Crippen molar-refractivity contribution >= 4 is 29.4 Å². The van der Waals surface area contributed by atoms with Gasteiger partial charge in [0, 0.05) is 17.2 Å². The number of hydrogen-bond acceptors (Lipinski definition) is 9. The van der Waals surface area contributed by atoms with Crippen molar-refractivity contribution in [3.05, 3.63) is 120 Å². The minimum absolute atomic E-state index is 0.160. The Bertz CT molecular complexity index is 1940. The second-order valence-corrected chi connectivity index (χ2v) is 10.7. The van der Waals surface area contributed by atoms with E-state index < -0.39 is 18.0 Å². The first-order valence-electron chi connectivity index (χ1n) is 13.7. The standard InChI is InChI=1S/C33H30N2O8S/c1-5-42-32(39)28-19(2)34-33-35(29(28)24-15-14-23(40-3)17-26(24)41-4)30(36)27(44-33)16-22-8-6-7-9-25(22)43-18-20-10-12-21(13-11-20)31(37)38/h6-17,29H,5,18H2,1-4H3,(H,37,38)/b27-16-/t29-/m0/s1. The number of carboxylic acid groups (broad SMARTS) is 1. The lowest BCUT2D eigenvalue weighted by Crippen LogP contribution is -2.40. The Labute approximate surface area is 256 Å². The number of esters is 1. The molecule has 0 bridgehead atoms. The highest BCUT2D eigenvalue weighted by Gasteiger charge is 2.35. The number of hydrogen-bond donors (Lipinski definition) is 1. The molecule has 0 saturated carbocycles. The summed E-state index contributed by atoms with van der Waals surface area (Å²) in [6, 6.07) is 18.1. The molecule has 11 heteroatoms. The van der Waals surface area contributed by atoms with Crippen molar-refractivity contribution in [2.45, 2.75) is 26.5 Å². The van der Waals surface area contributed by atoms with Crippen molar-refractivity contribution in [2.24, 2.45) is 4.99 Å². The number of carboxylic acids is 1. The summed E-state index contributed by atoms with van der Waals surface area (Å²) < 4.78 is 24.4. The molecule has 44 heavy (non-hydrogen) atoms. The summed E-state index contributed by atoms with van der Waals surface area (Å²) in [6.45, 7) is 3.80. The van der Waals surface area contributed by atoms with Crippen LogP contribution in [0.25, 0.3) is 6.08 Å². The number of ether oxygens (including phenoxy) is 4. The second-order valence-electron chi connectivity index (χ2n) is 9.74. The first-order valence-corrected chi connectivity index (χ1v) is 14.5. The maximum atomic E-state index is 14.1. The summed E-state index contributed by atoms with van der Waals surface area (Å²) in [5.41, 5.74) is 2.57. The van der Waals surface area contributed by atoms with Gasteiger partial charge in [-0.2, -0.15) is 0 Å². The predicted octanol–water partition coefficient (Wildman–Crippen LogP) is 4.09. The van der Waals surface area contributed by atoms with Crippen molar-refractivity contribution < 1.29 is 33.6 Å². The third-order valence-electron chi connectivity index (χ3n) is 7.05. The number of methoxy groups -OCH3 is 2. The molecule has 0 aliphatic carbocycles. The van der Waals surface area contributed by atoms with Crippen LogP contribution in [0.3, 0.4) is 0 Å². The number of thiazole rings is 1. The Hall–Kier alpha value is -5.16. The minimum atomic E-state index is -0.999. The summed E-state index contributed by atoms with van der Waals surface area (Å²) in [4.78, 5) is 43.6. The molecule has 0 fully saturated rings. The Morgan fingerprint density at radius 2 is 1.77 bits per heavy atom. The molecule has 10 nitrogen and oxygen atoms in total. The maximum absolute atomic E-state index is 14.1. The molecular weight excluding hydrogens is 584 g/mol. The highest BCUT2D eigenvalue weighted by molar-refractivity contribution is 7.07. The fourth-order valence-electron chi connectivity index (χ4n) is 4.91. The third-order valence-corrected chi connectivity index (χ3v) is 8.04. The number of allylic oxidation sites excluding steroid dienone is 1. The van der Waals surface area contributed by atoms with Crippen molar-refractivity contribution in [1.29, 1.82) is 0 Å². The first-order chi connectivity index (χ1) is 21.2. The molecule has 0 unspecified atom stereocenters. The molecule has 0 spiro atoms. The smallest absolute Gasteiger partial charge is 0.338 e.